The van der Waals surface area contributed by atoms with Gasteiger partial charge in [-0.3, -0.25) is 14.2 Å². The summed E-state index contributed by atoms with van der Waals surface area (Å²) in [5.41, 5.74) is 0.802. The molecule has 4 rings (SSSR count). The Morgan fingerprint density at radius 3 is 2.55 bits per heavy atom. The summed E-state index contributed by atoms with van der Waals surface area (Å²) >= 11 is 2.59. The van der Waals surface area contributed by atoms with E-state index in [0.29, 0.717) is 27.9 Å². The molecule has 0 spiro atoms. The molecule has 0 N–H and O–H groups in total. The zero-order chi connectivity index (χ0) is 22.0. The maximum atomic E-state index is 13.1. The first-order valence-electron chi connectivity index (χ1n) is 9.87. The van der Waals surface area contributed by atoms with Gasteiger partial charge in [0.15, 0.2) is 5.16 Å². The highest BCUT2D eigenvalue weighted by atomic mass is 32.2. The number of rotatable bonds is 5. The monoisotopic (exact) mass is 471 g/mol. The summed E-state index contributed by atoms with van der Waals surface area (Å²) in [7, 11) is 0. The number of piperidine rings is 1. The van der Waals surface area contributed by atoms with Gasteiger partial charge < -0.3 is 9.64 Å². The number of benzene rings is 1. The lowest BCUT2D eigenvalue weighted by molar-refractivity contribution is -0.274. The summed E-state index contributed by atoms with van der Waals surface area (Å²) in [6.45, 7) is 1.47. The lowest BCUT2D eigenvalue weighted by atomic mass is 10.1. The predicted molar refractivity (Wildman–Crippen MR) is 112 cm³/mol. The zero-order valence-electron chi connectivity index (χ0n) is 16.5. The van der Waals surface area contributed by atoms with E-state index < -0.39 is 6.36 Å². The Hall–Kier alpha value is -2.14. The van der Waals surface area contributed by atoms with Gasteiger partial charge in [0.25, 0.3) is 5.56 Å². The van der Waals surface area contributed by atoms with Crippen molar-refractivity contribution in [3.05, 3.63) is 40.3 Å². The minimum absolute atomic E-state index is 0.00528. The summed E-state index contributed by atoms with van der Waals surface area (Å²) in [6.07, 6.45) is -1.03. The van der Waals surface area contributed by atoms with Gasteiger partial charge in [-0.2, -0.15) is 0 Å². The highest BCUT2D eigenvalue weighted by molar-refractivity contribution is 8.00. The van der Waals surface area contributed by atoms with Crippen molar-refractivity contribution in [3.63, 3.8) is 0 Å². The number of aromatic nitrogens is 2. The van der Waals surface area contributed by atoms with E-state index in [1.165, 1.54) is 40.2 Å². The molecule has 1 aromatic carbocycles. The lowest BCUT2D eigenvalue weighted by Crippen LogP contribution is -2.37. The number of carbonyl (C=O) groups excluding carboxylic acids is 1. The molecule has 166 valence electrons. The van der Waals surface area contributed by atoms with Crippen molar-refractivity contribution in [3.8, 4) is 11.4 Å². The highest BCUT2D eigenvalue weighted by Gasteiger charge is 2.31. The quantitative estimate of drug-likeness (QED) is 0.487. The maximum absolute atomic E-state index is 13.1. The third-order valence-corrected chi connectivity index (χ3v) is 7.06. The van der Waals surface area contributed by atoms with E-state index >= 15 is 0 Å². The smallest absolute Gasteiger partial charge is 0.406 e. The van der Waals surface area contributed by atoms with Crippen molar-refractivity contribution in [2.75, 3.05) is 24.6 Å². The first-order chi connectivity index (χ1) is 14.8. The van der Waals surface area contributed by atoms with Crippen LogP contribution in [0.2, 0.25) is 0 Å². The van der Waals surface area contributed by atoms with Gasteiger partial charge in [-0.15, -0.1) is 24.9 Å². The first-order valence-corrected chi connectivity index (χ1v) is 11.8. The molecule has 0 bridgehead atoms. The predicted octanol–water partition coefficient (Wildman–Crippen LogP) is 3.88. The number of thioether (sulfide) groups is 2. The molecule has 11 heteroatoms. The van der Waals surface area contributed by atoms with Crippen LogP contribution < -0.4 is 10.3 Å². The molecule has 31 heavy (non-hydrogen) atoms. The summed E-state index contributed by atoms with van der Waals surface area (Å²) in [6, 6.07) is 5.07. The second-order valence-electron chi connectivity index (χ2n) is 7.18. The second-order valence-corrected chi connectivity index (χ2v) is 9.23. The fraction of sp³-hybridized carbons (Fsp3) is 0.450. The minimum Gasteiger partial charge on any atom is -0.406 e. The molecule has 2 aliphatic rings. The van der Waals surface area contributed by atoms with Crippen molar-refractivity contribution < 1.29 is 22.7 Å². The van der Waals surface area contributed by atoms with Crippen LogP contribution in [0, 0.1) is 0 Å². The van der Waals surface area contributed by atoms with Crippen LogP contribution >= 0.6 is 23.5 Å². The van der Waals surface area contributed by atoms with Crippen LogP contribution in [-0.2, 0) is 11.2 Å². The molecule has 0 saturated carbocycles. The molecule has 2 aromatic rings. The van der Waals surface area contributed by atoms with Crippen LogP contribution in [-0.4, -0.2) is 51.3 Å². The Kier molecular flexibility index (Phi) is 6.52. The molecule has 2 aliphatic heterocycles. The molecule has 1 saturated heterocycles. The molecule has 1 amide bonds. The van der Waals surface area contributed by atoms with Crippen LogP contribution in [0.15, 0.2) is 39.1 Å². The van der Waals surface area contributed by atoms with Gasteiger partial charge in [-0.1, -0.05) is 11.8 Å². The van der Waals surface area contributed by atoms with Gasteiger partial charge in [0.2, 0.25) is 5.91 Å². The van der Waals surface area contributed by atoms with E-state index in [-0.39, 0.29) is 23.0 Å². The molecule has 0 aliphatic carbocycles. The highest BCUT2D eigenvalue weighted by Crippen LogP contribution is 2.31. The maximum Gasteiger partial charge on any atom is 0.573 e. The van der Waals surface area contributed by atoms with Crippen LogP contribution in [0.25, 0.3) is 5.69 Å². The largest absolute Gasteiger partial charge is 0.573 e. The fourth-order valence-corrected chi connectivity index (χ4v) is 5.53. The Bertz CT molecular complexity index is 1020. The summed E-state index contributed by atoms with van der Waals surface area (Å²) in [5.74, 6) is 0.515. The Morgan fingerprint density at radius 2 is 1.87 bits per heavy atom. The molecule has 1 fully saturated rings. The van der Waals surface area contributed by atoms with E-state index in [9.17, 15) is 22.8 Å². The number of nitrogens with zero attached hydrogens (tertiary/aromatic N) is 3. The molecule has 3 heterocycles. The van der Waals surface area contributed by atoms with Crippen LogP contribution in [0.4, 0.5) is 13.2 Å². The molecule has 0 unspecified atom stereocenters. The standard InChI is InChI=1S/C20H20F3N3O3S2/c21-20(22,23)29-14-6-4-13(5-7-14)26-18(28)17-15(8-11-30-17)24-19(26)31-12-16(27)25-9-2-1-3-10-25/h4-7H,1-3,8-12H2. The number of halogens is 3. The number of alkyl halides is 3. The minimum atomic E-state index is -4.79. The van der Waals surface area contributed by atoms with E-state index in [2.05, 4.69) is 9.72 Å². The number of carbonyl (C=O) groups is 1. The van der Waals surface area contributed by atoms with Crippen molar-refractivity contribution >= 4 is 29.4 Å². The van der Waals surface area contributed by atoms with Crippen molar-refractivity contribution in [2.24, 2.45) is 0 Å². The topological polar surface area (TPSA) is 64.4 Å². The Balaban J connectivity index is 1.62. The van der Waals surface area contributed by atoms with Crippen molar-refractivity contribution in [2.45, 2.75) is 42.1 Å². The number of hydrogen-bond acceptors (Lipinski definition) is 6. The normalized spacial score (nSPS) is 16.3. The number of amides is 1. The van der Waals surface area contributed by atoms with Crippen LogP contribution in [0.5, 0.6) is 5.75 Å². The van der Waals surface area contributed by atoms with Crippen molar-refractivity contribution in [1.29, 1.82) is 0 Å². The third-order valence-electron chi connectivity index (χ3n) is 5.03. The molecular formula is C20H20F3N3O3S2. The molecular weight excluding hydrogens is 451 g/mol. The van der Waals surface area contributed by atoms with Crippen LogP contribution in [0.3, 0.4) is 0 Å². The second kappa shape index (κ2) is 9.15. The molecule has 1 aromatic heterocycles. The molecule has 6 nitrogen and oxygen atoms in total. The SMILES string of the molecule is O=C(CSc1nc2c(c(=O)n1-c1ccc(OC(F)(F)F)cc1)SCC2)N1CCCCC1. The number of ether oxygens (including phenoxy) is 1. The van der Waals surface area contributed by atoms with Gasteiger partial charge in [0.05, 0.1) is 22.0 Å². The Morgan fingerprint density at radius 1 is 1.16 bits per heavy atom. The van der Waals surface area contributed by atoms with Crippen LogP contribution in [0.1, 0.15) is 25.0 Å². The number of hydrogen-bond donors (Lipinski definition) is 0. The number of likely N-dealkylation sites (tertiary alicyclic amines) is 1. The molecule has 0 radical (unpaired) electrons. The van der Waals surface area contributed by atoms with Gasteiger partial charge in [0.1, 0.15) is 5.75 Å². The van der Waals surface area contributed by atoms with Gasteiger partial charge in [-0.25, -0.2) is 4.98 Å². The summed E-state index contributed by atoms with van der Waals surface area (Å²) in [4.78, 5) is 32.7. The zero-order valence-corrected chi connectivity index (χ0v) is 18.1. The average Bonchev–Trinajstić information content (AvgIpc) is 3.21. The summed E-state index contributed by atoms with van der Waals surface area (Å²) in [5, 5.41) is 0.362. The number of fused-ring (bicyclic) bond motifs is 1. The van der Waals surface area contributed by atoms with E-state index in [1.54, 1.807) is 0 Å². The third kappa shape index (κ3) is 5.20. The van der Waals surface area contributed by atoms with E-state index in [1.807, 2.05) is 4.90 Å². The first kappa shape index (κ1) is 22.1. The summed E-state index contributed by atoms with van der Waals surface area (Å²) < 4.78 is 42.6. The van der Waals surface area contributed by atoms with Gasteiger partial charge in [-0.05, 0) is 43.5 Å². The average molecular weight is 472 g/mol. The number of aryl methyl sites for hydroxylation is 1. The fourth-order valence-electron chi connectivity index (χ4n) is 3.57. The Labute approximate surface area is 185 Å². The van der Waals surface area contributed by atoms with E-state index in [0.717, 1.165) is 50.2 Å². The van der Waals surface area contributed by atoms with E-state index in [4.69, 9.17) is 0 Å². The van der Waals surface area contributed by atoms with Gasteiger partial charge in [0, 0.05) is 25.3 Å². The van der Waals surface area contributed by atoms with Gasteiger partial charge >= 0.3 is 6.36 Å². The molecule has 0 atom stereocenters. The van der Waals surface area contributed by atoms with Crippen molar-refractivity contribution in [1.82, 2.24) is 14.5 Å². The lowest BCUT2D eigenvalue weighted by Gasteiger charge is -2.26.